The summed E-state index contributed by atoms with van der Waals surface area (Å²) in [5.41, 5.74) is -0.399. The number of halogens is 1. The molecule has 0 amide bonds. The molecule has 0 N–H and O–H groups in total. The summed E-state index contributed by atoms with van der Waals surface area (Å²) in [4.78, 5) is 34.2. The number of methoxy groups -OCH3 is 1. The molecule has 0 saturated carbocycles. The molecular weight excluding hydrogens is 282 g/mol. The van der Waals surface area contributed by atoms with Gasteiger partial charge in [-0.2, -0.15) is 0 Å². The van der Waals surface area contributed by atoms with E-state index >= 15 is 0 Å². The lowest BCUT2D eigenvalue weighted by molar-refractivity contribution is 0.112. The Morgan fingerprint density at radius 1 is 1.20 bits per heavy atom. The van der Waals surface area contributed by atoms with Gasteiger partial charge in [0.2, 0.25) is 0 Å². The molecular formula is C14H10ClNO4. The minimum Gasteiger partial charge on any atom is -0.495 e. The molecule has 0 saturated heterocycles. The lowest BCUT2D eigenvalue weighted by Gasteiger charge is -2.12. The van der Waals surface area contributed by atoms with Crippen LogP contribution in [0.1, 0.15) is 20.7 Å². The van der Waals surface area contributed by atoms with Gasteiger partial charge in [-0.1, -0.05) is 23.7 Å². The minimum atomic E-state index is -0.611. The predicted octanol–water partition coefficient (Wildman–Crippen LogP) is 2.12. The van der Waals surface area contributed by atoms with E-state index in [1.54, 1.807) is 24.3 Å². The van der Waals surface area contributed by atoms with Crippen LogP contribution in [0.5, 0.6) is 5.75 Å². The number of carbonyl (C=O) groups excluding carboxylic acids is 2. The van der Waals surface area contributed by atoms with Gasteiger partial charge in [0.25, 0.3) is 5.56 Å². The van der Waals surface area contributed by atoms with E-state index in [9.17, 15) is 14.4 Å². The van der Waals surface area contributed by atoms with Gasteiger partial charge in [0.05, 0.1) is 28.9 Å². The van der Waals surface area contributed by atoms with Crippen LogP contribution in [0.4, 0.5) is 0 Å². The molecule has 0 bridgehead atoms. The van der Waals surface area contributed by atoms with Crippen molar-refractivity contribution >= 4 is 24.2 Å². The summed E-state index contributed by atoms with van der Waals surface area (Å²) in [6.07, 6.45) is 2.10. The number of hydrogen-bond acceptors (Lipinski definition) is 4. The minimum absolute atomic E-state index is 0.0549. The fourth-order valence-corrected chi connectivity index (χ4v) is 2.04. The number of aromatic nitrogens is 1. The van der Waals surface area contributed by atoms with Crippen LogP contribution in [0.15, 0.2) is 35.3 Å². The summed E-state index contributed by atoms with van der Waals surface area (Å²) in [7, 11) is 1.46. The van der Waals surface area contributed by atoms with Crippen LogP contribution in [0, 0.1) is 0 Å². The SMILES string of the molecule is COc1ccccc1-n1cc(C=O)c(Cl)c(C=O)c1=O. The number of ether oxygens (including phenoxy) is 1. The molecule has 0 radical (unpaired) electrons. The van der Waals surface area contributed by atoms with E-state index in [2.05, 4.69) is 0 Å². The van der Waals surface area contributed by atoms with Crippen LogP contribution in [0.25, 0.3) is 5.69 Å². The highest BCUT2D eigenvalue weighted by Crippen LogP contribution is 2.23. The van der Waals surface area contributed by atoms with Gasteiger partial charge in [-0.05, 0) is 12.1 Å². The Bertz CT molecular complexity index is 736. The van der Waals surface area contributed by atoms with E-state index in [4.69, 9.17) is 16.3 Å². The Morgan fingerprint density at radius 2 is 1.90 bits per heavy atom. The third-order valence-electron chi connectivity index (χ3n) is 2.80. The Morgan fingerprint density at radius 3 is 2.50 bits per heavy atom. The van der Waals surface area contributed by atoms with Crippen molar-refractivity contribution in [1.82, 2.24) is 4.57 Å². The third kappa shape index (κ3) is 2.23. The smallest absolute Gasteiger partial charge is 0.267 e. The maximum atomic E-state index is 12.2. The first-order valence-corrected chi connectivity index (χ1v) is 6.00. The molecule has 0 fully saturated rings. The first-order chi connectivity index (χ1) is 9.63. The van der Waals surface area contributed by atoms with E-state index in [-0.39, 0.29) is 16.1 Å². The molecule has 0 atom stereocenters. The van der Waals surface area contributed by atoms with Gasteiger partial charge in [-0.25, -0.2) is 0 Å². The Hall–Kier alpha value is -2.40. The van der Waals surface area contributed by atoms with E-state index < -0.39 is 5.56 Å². The number of rotatable bonds is 4. The highest BCUT2D eigenvalue weighted by atomic mass is 35.5. The number of benzene rings is 1. The number of pyridine rings is 1. The zero-order chi connectivity index (χ0) is 14.7. The van der Waals surface area contributed by atoms with Crippen LogP contribution in [0.2, 0.25) is 5.02 Å². The van der Waals surface area contributed by atoms with Crippen molar-refractivity contribution in [2.45, 2.75) is 0 Å². The lowest BCUT2D eigenvalue weighted by atomic mass is 10.2. The van der Waals surface area contributed by atoms with Gasteiger partial charge in [0.1, 0.15) is 5.75 Å². The molecule has 0 unspecified atom stereocenters. The van der Waals surface area contributed by atoms with E-state index in [1.807, 2.05) is 0 Å². The second kappa shape index (κ2) is 5.71. The molecule has 6 heteroatoms. The van der Waals surface area contributed by atoms with Crippen molar-refractivity contribution in [3.63, 3.8) is 0 Å². The molecule has 5 nitrogen and oxygen atoms in total. The fourth-order valence-electron chi connectivity index (χ4n) is 1.83. The molecule has 20 heavy (non-hydrogen) atoms. The standard InChI is InChI=1S/C14H10ClNO4/c1-20-12-5-3-2-4-11(12)16-6-9(7-17)13(15)10(8-18)14(16)19/h2-8H,1H3. The monoisotopic (exact) mass is 291 g/mol. The molecule has 1 heterocycles. The molecule has 2 rings (SSSR count). The number of hydrogen-bond donors (Lipinski definition) is 0. The largest absolute Gasteiger partial charge is 0.495 e. The average molecular weight is 292 g/mol. The van der Waals surface area contributed by atoms with Crippen molar-refractivity contribution in [3.8, 4) is 11.4 Å². The van der Waals surface area contributed by atoms with Gasteiger partial charge < -0.3 is 4.74 Å². The number of carbonyl (C=O) groups is 2. The molecule has 0 aliphatic rings. The maximum absolute atomic E-state index is 12.2. The van der Waals surface area contributed by atoms with Crippen molar-refractivity contribution in [1.29, 1.82) is 0 Å². The highest BCUT2D eigenvalue weighted by molar-refractivity contribution is 6.35. The second-order valence-electron chi connectivity index (χ2n) is 3.89. The quantitative estimate of drug-likeness (QED) is 0.809. The zero-order valence-electron chi connectivity index (χ0n) is 10.5. The number of aldehydes is 2. The molecule has 0 spiro atoms. The summed E-state index contributed by atoms with van der Waals surface area (Å²) >= 11 is 5.84. The van der Waals surface area contributed by atoms with Gasteiger partial charge in [0.15, 0.2) is 12.6 Å². The first kappa shape index (κ1) is 14.0. The van der Waals surface area contributed by atoms with Crippen molar-refractivity contribution in [2.24, 2.45) is 0 Å². The summed E-state index contributed by atoms with van der Waals surface area (Å²) in [6.45, 7) is 0. The number of nitrogens with zero attached hydrogens (tertiary/aromatic N) is 1. The molecule has 2 aromatic rings. The predicted molar refractivity (Wildman–Crippen MR) is 74.4 cm³/mol. The topological polar surface area (TPSA) is 65.4 Å². The van der Waals surface area contributed by atoms with E-state index in [1.165, 1.54) is 13.3 Å². The average Bonchev–Trinajstić information content (AvgIpc) is 2.48. The molecule has 1 aromatic heterocycles. The summed E-state index contributed by atoms with van der Waals surface area (Å²) < 4.78 is 6.33. The van der Waals surface area contributed by atoms with Gasteiger partial charge in [-0.3, -0.25) is 19.0 Å². The lowest BCUT2D eigenvalue weighted by Crippen LogP contribution is -2.23. The second-order valence-corrected chi connectivity index (χ2v) is 4.27. The molecule has 0 aliphatic heterocycles. The van der Waals surface area contributed by atoms with Crippen molar-refractivity contribution in [3.05, 3.63) is 57.0 Å². The van der Waals surface area contributed by atoms with Crippen molar-refractivity contribution in [2.75, 3.05) is 7.11 Å². The Labute approximate surface area is 119 Å². The Kier molecular flexibility index (Phi) is 4.00. The maximum Gasteiger partial charge on any atom is 0.267 e. The molecule has 0 aliphatic carbocycles. The summed E-state index contributed by atoms with van der Waals surface area (Å²) in [5, 5.41) is -0.147. The van der Waals surface area contributed by atoms with Crippen LogP contribution >= 0.6 is 11.6 Å². The third-order valence-corrected chi connectivity index (χ3v) is 3.22. The van der Waals surface area contributed by atoms with Crippen LogP contribution < -0.4 is 10.3 Å². The normalized spacial score (nSPS) is 10.1. The van der Waals surface area contributed by atoms with Crippen LogP contribution in [0.3, 0.4) is 0 Å². The summed E-state index contributed by atoms with van der Waals surface area (Å²) in [5.74, 6) is 0.436. The van der Waals surface area contributed by atoms with Crippen LogP contribution in [-0.2, 0) is 0 Å². The molecule has 102 valence electrons. The van der Waals surface area contributed by atoms with Gasteiger partial charge in [-0.15, -0.1) is 0 Å². The van der Waals surface area contributed by atoms with Gasteiger partial charge >= 0.3 is 0 Å². The zero-order valence-corrected chi connectivity index (χ0v) is 11.3. The summed E-state index contributed by atoms with van der Waals surface area (Å²) in [6, 6.07) is 6.75. The van der Waals surface area contributed by atoms with Crippen molar-refractivity contribution < 1.29 is 14.3 Å². The van der Waals surface area contributed by atoms with E-state index in [0.29, 0.717) is 24.0 Å². The fraction of sp³-hybridized carbons (Fsp3) is 0.0714. The number of para-hydroxylation sites is 2. The molecule has 1 aromatic carbocycles. The van der Waals surface area contributed by atoms with Crippen LogP contribution in [-0.4, -0.2) is 24.2 Å². The van der Waals surface area contributed by atoms with Gasteiger partial charge in [0, 0.05) is 6.20 Å². The van der Waals surface area contributed by atoms with E-state index in [0.717, 1.165) is 4.57 Å². The Balaban J connectivity index is 2.84. The first-order valence-electron chi connectivity index (χ1n) is 5.63. The highest BCUT2D eigenvalue weighted by Gasteiger charge is 2.16.